The average molecular weight is 391 g/mol. The summed E-state index contributed by atoms with van der Waals surface area (Å²) in [6, 6.07) is 0. The van der Waals surface area contributed by atoms with Crippen molar-refractivity contribution in [3.05, 3.63) is 0 Å². The van der Waals surface area contributed by atoms with E-state index in [9.17, 15) is 26.3 Å². The Morgan fingerprint density at radius 1 is 0.692 bits per heavy atom. The quantitative estimate of drug-likeness (QED) is 0.355. The molecule has 9 heteroatoms. The summed E-state index contributed by atoms with van der Waals surface area (Å²) in [5.41, 5.74) is 0. The second-order valence-corrected chi connectivity index (χ2v) is 1.20. The van der Waals surface area contributed by atoms with Crippen molar-refractivity contribution in [1.82, 2.24) is 0 Å². The number of rotatable bonds is 0. The Hall–Kier alpha value is -0.340. The van der Waals surface area contributed by atoms with Crippen LogP contribution in [0.15, 0.2) is 0 Å². The third-order valence-corrected chi connectivity index (χ3v) is 0.231. The van der Waals surface area contributed by atoms with E-state index in [1.807, 2.05) is 0 Å². The molecule has 0 bridgehead atoms. The molecule has 0 amide bonds. The van der Waals surface area contributed by atoms with Crippen LogP contribution in [-0.2, 0) is 32.0 Å². The third-order valence-electron chi connectivity index (χ3n) is 0.231. The topological polar surface area (TPSA) is 34.1 Å². The predicted octanol–water partition coefficient (Wildman–Crippen LogP) is 1.31. The van der Waals surface area contributed by atoms with Gasteiger partial charge in [0.05, 0.1) is 0 Å². The van der Waals surface area contributed by atoms with Crippen molar-refractivity contribution in [3.8, 4) is 0 Å². The maximum Gasteiger partial charge on any atom is 0.298 e. The largest absolute Gasteiger partial charge is 0.533 e. The van der Waals surface area contributed by atoms with E-state index in [2.05, 4.69) is 0 Å². The molecule has 2 nitrogen and oxygen atoms in total. The van der Waals surface area contributed by atoms with Gasteiger partial charge in [-0.1, -0.05) is 0 Å². The number of hydrogen-bond donors (Lipinski definition) is 0. The molecule has 0 atom stereocenters. The van der Waals surface area contributed by atoms with Crippen LogP contribution in [0.3, 0.4) is 0 Å². The maximum absolute atomic E-state index is 10.4. The van der Waals surface area contributed by atoms with Crippen LogP contribution in [0.2, 0.25) is 0 Å². The first-order valence-electron chi connectivity index (χ1n) is 2.04. The SMILES string of the molecule is O=[C-]C(F)(F)F.O=[C-]C(F)(F)F.[Au]. The standard InChI is InChI=1S/2C2F3O.Au/c2*3-2(4,5)1-6;/q2*-1;. The van der Waals surface area contributed by atoms with Crippen molar-refractivity contribution in [2.75, 3.05) is 0 Å². The van der Waals surface area contributed by atoms with Gasteiger partial charge in [0.25, 0.3) is 12.4 Å². The van der Waals surface area contributed by atoms with Gasteiger partial charge in [0, 0.05) is 22.4 Å². The molecule has 1 radical (unpaired) electrons. The van der Waals surface area contributed by atoms with Gasteiger partial charge >= 0.3 is 0 Å². The number of carbonyl (C=O) groups excluding carboxylic acids is 2. The molecular formula is C4AuF6O2-2. The average Bonchev–Trinajstić information content (AvgIpc) is 1.86. The van der Waals surface area contributed by atoms with E-state index < -0.39 is 12.4 Å². The molecule has 0 spiro atoms. The molecule has 13 heavy (non-hydrogen) atoms. The molecule has 0 aromatic rings. The van der Waals surface area contributed by atoms with E-state index in [-0.39, 0.29) is 35.0 Å². The molecule has 0 aromatic heterocycles. The smallest absolute Gasteiger partial charge is 0.298 e. The molecule has 0 saturated heterocycles. The fourth-order valence-corrected chi connectivity index (χ4v) is 0. The Labute approximate surface area is 83.8 Å². The van der Waals surface area contributed by atoms with Crippen molar-refractivity contribution in [2.45, 2.75) is 12.4 Å². The van der Waals surface area contributed by atoms with Gasteiger partial charge in [-0.2, -0.15) is 12.6 Å². The summed E-state index contributed by atoms with van der Waals surface area (Å²) in [5.74, 6) is 0. The molecule has 0 rings (SSSR count). The Kier molecular flexibility index (Phi) is 10.1. The van der Waals surface area contributed by atoms with Gasteiger partial charge in [-0.3, -0.25) is 0 Å². The van der Waals surface area contributed by atoms with Crippen molar-refractivity contribution in [1.29, 1.82) is 0 Å². The number of hydrogen-bond acceptors (Lipinski definition) is 2. The second kappa shape index (κ2) is 7.10. The Bertz CT molecular complexity index is 132. The van der Waals surface area contributed by atoms with Gasteiger partial charge < -0.3 is 9.59 Å². The Morgan fingerprint density at radius 2 is 0.769 bits per heavy atom. The first-order valence-corrected chi connectivity index (χ1v) is 2.04. The van der Waals surface area contributed by atoms with Crippen LogP contribution < -0.4 is 0 Å². The normalized spacial score (nSPS) is 10.3. The third kappa shape index (κ3) is 34.0. The van der Waals surface area contributed by atoms with E-state index in [4.69, 9.17) is 9.59 Å². The van der Waals surface area contributed by atoms with E-state index >= 15 is 0 Å². The minimum Gasteiger partial charge on any atom is -0.533 e. The first kappa shape index (κ1) is 18.4. The van der Waals surface area contributed by atoms with Crippen molar-refractivity contribution >= 4 is 12.6 Å². The molecule has 0 N–H and O–H groups in total. The Balaban J connectivity index is -0.000000143. The van der Waals surface area contributed by atoms with E-state index in [1.54, 1.807) is 0 Å². The van der Waals surface area contributed by atoms with Crippen LogP contribution in [0.5, 0.6) is 0 Å². The maximum atomic E-state index is 10.4. The minimum atomic E-state index is -4.76. The molecule has 0 aliphatic rings. The zero-order chi connectivity index (χ0) is 10.4. The molecule has 83 valence electrons. The molecule has 0 aliphatic carbocycles. The summed E-state index contributed by atoms with van der Waals surface area (Å²) >= 11 is 0. The summed E-state index contributed by atoms with van der Waals surface area (Å²) < 4.78 is 62.2. The molecule has 0 unspecified atom stereocenters. The first-order chi connectivity index (χ1) is 5.12. The molecule has 0 saturated carbocycles. The summed E-state index contributed by atoms with van der Waals surface area (Å²) in [6.07, 6.45) is -9.82. The van der Waals surface area contributed by atoms with Gasteiger partial charge in [-0.15, -0.1) is 0 Å². The summed E-state index contributed by atoms with van der Waals surface area (Å²) in [7, 11) is 0. The van der Waals surface area contributed by atoms with Crippen LogP contribution in [0, 0.1) is 0 Å². The van der Waals surface area contributed by atoms with Crippen LogP contribution >= 0.6 is 0 Å². The van der Waals surface area contributed by atoms with Crippen LogP contribution in [0.1, 0.15) is 0 Å². The molecule has 0 fully saturated rings. The van der Waals surface area contributed by atoms with Crippen LogP contribution in [-0.4, -0.2) is 24.9 Å². The molecule has 0 aromatic carbocycles. The van der Waals surface area contributed by atoms with Gasteiger partial charge in [-0.05, 0) is 0 Å². The number of halogens is 6. The van der Waals surface area contributed by atoms with Gasteiger partial charge in [0.15, 0.2) is 0 Å². The van der Waals surface area contributed by atoms with E-state index in [0.29, 0.717) is 0 Å². The summed E-state index contributed by atoms with van der Waals surface area (Å²) in [4.78, 5) is 17.2. The zero-order valence-corrected chi connectivity index (χ0v) is 7.55. The van der Waals surface area contributed by atoms with E-state index in [0.717, 1.165) is 0 Å². The van der Waals surface area contributed by atoms with Crippen molar-refractivity contribution in [3.63, 3.8) is 0 Å². The van der Waals surface area contributed by atoms with Gasteiger partial charge in [0.2, 0.25) is 0 Å². The molecule has 0 aliphatic heterocycles. The minimum absolute atomic E-state index is 0. The van der Waals surface area contributed by atoms with Crippen molar-refractivity contribution in [2.24, 2.45) is 0 Å². The molecular weight excluding hydrogens is 391 g/mol. The summed E-state index contributed by atoms with van der Waals surface area (Å²) in [5, 5.41) is 0. The predicted molar refractivity (Wildman–Crippen MR) is 23.5 cm³/mol. The van der Waals surface area contributed by atoms with E-state index in [1.165, 1.54) is 0 Å². The van der Waals surface area contributed by atoms with Gasteiger partial charge in [-0.25, -0.2) is 26.3 Å². The second-order valence-electron chi connectivity index (χ2n) is 1.20. The molecule has 0 heterocycles. The fraction of sp³-hybridized carbons (Fsp3) is 0.500. The number of alkyl halides is 6. The van der Waals surface area contributed by atoms with Crippen molar-refractivity contribution < 1.29 is 58.3 Å². The van der Waals surface area contributed by atoms with Crippen LogP contribution in [0.4, 0.5) is 26.3 Å². The zero-order valence-electron chi connectivity index (χ0n) is 5.39. The van der Waals surface area contributed by atoms with Crippen LogP contribution in [0.25, 0.3) is 0 Å². The monoisotopic (exact) mass is 391 g/mol. The van der Waals surface area contributed by atoms with Gasteiger partial charge in [0.1, 0.15) is 0 Å². The summed E-state index contributed by atoms with van der Waals surface area (Å²) in [6.45, 7) is 0. The fourth-order valence-electron chi connectivity index (χ4n) is 0. The Morgan fingerprint density at radius 3 is 0.769 bits per heavy atom.